The molecule has 148 valence electrons. The topological polar surface area (TPSA) is 45.5 Å². The molecule has 4 rings (SSSR count). The first-order chi connectivity index (χ1) is 13.3. The van der Waals surface area contributed by atoms with Crippen LogP contribution in [0.25, 0.3) is 16.8 Å². The number of aryl methyl sites for hydroxylation is 1. The Morgan fingerprint density at radius 2 is 2.00 bits per heavy atom. The van der Waals surface area contributed by atoms with Gasteiger partial charge in [0.25, 0.3) is 0 Å². The average Bonchev–Trinajstić information content (AvgIpc) is 3.12. The Labute approximate surface area is 161 Å². The van der Waals surface area contributed by atoms with Gasteiger partial charge < -0.3 is 10.2 Å². The van der Waals surface area contributed by atoms with Gasteiger partial charge in [0.15, 0.2) is 0 Å². The molecule has 0 spiro atoms. The Morgan fingerprint density at radius 1 is 1.18 bits per heavy atom. The van der Waals surface area contributed by atoms with Gasteiger partial charge in [-0.1, -0.05) is 17.7 Å². The van der Waals surface area contributed by atoms with Crippen molar-refractivity contribution >= 4 is 11.5 Å². The van der Waals surface area contributed by atoms with Crippen molar-refractivity contribution in [3.05, 3.63) is 47.7 Å². The number of nitrogens with zero attached hydrogens (tertiary/aromatic N) is 4. The fourth-order valence-corrected chi connectivity index (χ4v) is 3.81. The molecule has 5 nitrogen and oxygen atoms in total. The standard InChI is InChI=1S/C20H22F3N5/c1-13-7-8-15(16(11-13)20(21,22)23)18-17-6-4-10-28(17)19(26-25-18)24-14-5-3-9-27(2)12-14/h4,6-8,10-11,14H,3,5,9,12H2,1-2H3,(H,24,26)/t14-/m1/s1. The van der Waals surface area contributed by atoms with E-state index in [9.17, 15) is 13.2 Å². The molecular weight excluding hydrogens is 367 g/mol. The summed E-state index contributed by atoms with van der Waals surface area (Å²) >= 11 is 0. The summed E-state index contributed by atoms with van der Waals surface area (Å²) in [4.78, 5) is 2.25. The molecule has 1 aliphatic rings. The Hall–Kier alpha value is -2.61. The number of halogens is 3. The number of fused-ring (bicyclic) bond motifs is 1. The smallest absolute Gasteiger partial charge is 0.350 e. The van der Waals surface area contributed by atoms with E-state index in [1.54, 1.807) is 35.7 Å². The molecular formula is C20H22F3N5. The van der Waals surface area contributed by atoms with Gasteiger partial charge in [0.05, 0.1) is 11.1 Å². The molecule has 1 aromatic carbocycles. The van der Waals surface area contributed by atoms with Crippen LogP contribution in [0.5, 0.6) is 0 Å². The second kappa shape index (κ2) is 7.09. The zero-order valence-electron chi connectivity index (χ0n) is 15.8. The van der Waals surface area contributed by atoms with Gasteiger partial charge in [-0.25, -0.2) is 0 Å². The maximum atomic E-state index is 13.6. The van der Waals surface area contributed by atoms with E-state index in [4.69, 9.17) is 0 Å². The van der Waals surface area contributed by atoms with Crippen molar-refractivity contribution in [3.63, 3.8) is 0 Å². The van der Waals surface area contributed by atoms with Crippen LogP contribution in [0, 0.1) is 6.92 Å². The molecule has 1 saturated heterocycles. The lowest BCUT2D eigenvalue weighted by atomic mass is 10.0. The van der Waals surface area contributed by atoms with Gasteiger partial charge in [0, 0.05) is 24.3 Å². The largest absolute Gasteiger partial charge is 0.417 e. The minimum absolute atomic E-state index is 0.0400. The number of piperidine rings is 1. The third kappa shape index (κ3) is 3.56. The van der Waals surface area contributed by atoms with E-state index < -0.39 is 11.7 Å². The van der Waals surface area contributed by atoms with Crippen molar-refractivity contribution in [2.24, 2.45) is 0 Å². The number of hydrogen-bond acceptors (Lipinski definition) is 4. The van der Waals surface area contributed by atoms with Crippen LogP contribution >= 0.6 is 0 Å². The third-order valence-electron chi connectivity index (χ3n) is 5.16. The van der Waals surface area contributed by atoms with Crippen LogP contribution in [0.2, 0.25) is 0 Å². The monoisotopic (exact) mass is 389 g/mol. The molecule has 1 fully saturated rings. The van der Waals surface area contributed by atoms with Crippen molar-refractivity contribution in [1.82, 2.24) is 19.5 Å². The van der Waals surface area contributed by atoms with Crippen LogP contribution in [0.4, 0.5) is 19.1 Å². The zero-order chi connectivity index (χ0) is 19.9. The van der Waals surface area contributed by atoms with Crippen LogP contribution in [-0.2, 0) is 6.18 Å². The predicted molar refractivity (Wildman–Crippen MR) is 102 cm³/mol. The van der Waals surface area contributed by atoms with Crippen LogP contribution in [0.15, 0.2) is 36.5 Å². The number of aromatic nitrogens is 3. The maximum absolute atomic E-state index is 13.6. The lowest BCUT2D eigenvalue weighted by Crippen LogP contribution is -2.40. The Morgan fingerprint density at radius 3 is 2.75 bits per heavy atom. The fraction of sp³-hybridized carbons (Fsp3) is 0.400. The zero-order valence-corrected chi connectivity index (χ0v) is 15.8. The summed E-state index contributed by atoms with van der Waals surface area (Å²) in [6.07, 6.45) is -0.556. The summed E-state index contributed by atoms with van der Waals surface area (Å²) in [6, 6.07) is 8.08. The van der Waals surface area contributed by atoms with Crippen LogP contribution in [0.1, 0.15) is 24.0 Å². The molecule has 0 radical (unpaired) electrons. The quantitative estimate of drug-likeness (QED) is 0.728. The first kappa shape index (κ1) is 18.7. The summed E-state index contributed by atoms with van der Waals surface area (Å²) in [6.45, 7) is 3.60. The molecule has 1 N–H and O–H groups in total. The van der Waals surface area contributed by atoms with Gasteiger partial charge >= 0.3 is 6.18 Å². The summed E-state index contributed by atoms with van der Waals surface area (Å²) in [5.74, 6) is 0.546. The highest BCUT2D eigenvalue weighted by Gasteiger charge is 2.35. The molecule has 3 heterocycles. The molecule has 0 saturated carbocycles. The van der Waals surface area contributed by atoms with Crippen molar-refractivity contribution < 1.29 is 13.2 Å². The molecule has 1 atom stereocenters. The number of hydrogen-bond donors (Lipinski definition) is 1. The number of rotatable bonds is 3. The summed E-state index contributed by atoms with van der Waals surface area (Å²) in [7, 11) is 2.07. The minimum Gasteiger partial charge on any atom is -0.350 e. The van der Waals surface area contributed by atoms with Crippen molar-refractivity contribution in [2.45, 2.75) is 32.0 Å². The highest BCUT2D eigenvalue weighted by atomic mass is 19.4. The molecule has 0 aliphatic carbocycles. The van der Waals surface area contributed by atoms with E-state index in [1.165, 1.54) is 6.07 Å². The highest BCUT2D eigenvalue weighted by molar-refractivity contribution is 5.80. The second-order valence-corrected chi connectivity index (χ2v) is 7.43. The first-order valence-corrected chi connectivity index (χ1v) is 9.30. The molecule has 28 heavy (non-hydrogen) atoms. The number of nitrogens with one attached hydrogen (secondary N) is 1. The predicted octanol–water partition coefficient (Wildman–Crippen LogP) is 4.23. The molecule has 0 unspecified atom stereocenters. The van der Waals surface area contributed by atoms with Gasteiger partial charge in [-0.3, -0.25) is 4.40 Å². The normalized spacial score (nSPS) is 18.5. The van der Waals surface area contributed by atoms with Crippen molar-refractivity contribution in [3.8, 4) is 11.3 Å². The molecule has 0 bridgehead atoms. The van der Waals surface area contributed by atoms with E-state index in [1.807, 2.05) is 0 Å². The Kier molecular flexibility index (Phi) is 4.74. The number of likely N-dealkylation sites (tertiary alicyclic amines) is 1. The van der Waals surface area contributed by atoms with Gasteiger partial charge in [-0.15, -0.1) is 10.2 Å². The van der Waals surface area contributed by atoms with Gasteiger partial charge in [-0.05, 0) is 51.6 Å². The van der Waals surface area contributed by atoms with Gasteiger partial charge in [-0.2, -0.15) is 13.2 Å². The van der Waals surface area contributed by atoms with E-state index in [2.05, 4.69) is 27.5 Å². The second-order valence-electron chi connectivity index (χ2n) is 7.43. The van der Waals surface area contributed by atoms with Crippen molar-refractivity contribution in [2.75, 3.05) is 25.5 Å². The van der Waals surface area contributed by atoms with Gasteiger partial charge in [0.1, 0.15) is 5.69 Å². The number of likely N-dealkylation sites (N-methyl/N-ethyl adjacent to an activating group) is 1. The SMILES string of the molecule is Cc1ccc(-c2nnc(N[C@@H]3CCCN(C)C3)n3cccc23)c(C(F)(F)F)c1. The summed E-state index contributed by atoms with van der Waals surface area (Å²) in [5, 5.41) is 11.8. The van der Waals surface area contributed by atoms with Crippen LogP contribution < -0.4 is 5.32 Å². The first-order valence-electron chi connectivity index (χ1n) is 9.30. The van der Waals surface area contributed by atoms with E-state index >= 15 is 0 Å². The van der Waals surface area contributed by atoms with Crippen LogP contribution in [0.3, 0.4) is 0 Å². The number of benzene rings is 1. The Balaban J connectivity index is 1.76. The van der Waals surface area contributed by atoms with E-state index in [0.29, 0.717) is 17.0 Å². The number of anilines is 1. The minimum atomic E-state index is -4.46. The lowest BCUT2D eigenvalue weighted by molar-refractivity contribution is -0.137. The third-order valence-corrected chi connectivity index (χ3v) is 5.16. The van der Waals surface area contributed by atoms with Crippen molar-refractivity contribution in [1.29, 1.82) is 0 Å². The lowest BCUT2D eigenvalue weighted by Gasteiger charge is -2.30. The molecule has 2 aromatic heterocycles. The number of alkyl halides is 3. The maximum Gasteiger partial charge on any atom is 0.417 e. The fourth-order valence-electron chi connectivity index (χ4n) is 3.81. The summed E-state index contributed by atoms with van der Waals surface area (Å²) < 4.78 is 42.6. The van der Waals surface area contributed by atoms with Gasteiger partial charge in [0.2, 0.25) is 5.95 Å². The Bertz CT molecular complexity index is 995. The van der Waals surface area contributed by atoms with Crippen LogP contribution in [-0.4, -0.2) is 45.7 Å². The summed E-state index contributed by atoms with van der Waals surface area (Å²) in [5.41, 5.74) is 0.715. The highest BCUT2D eigenvalue weighted by Crippen LogP contribution is 2.38. The molecule has 0 amide bonds. The average molecular weight is 389 g/mol. The van der Waals surface area contributed by atoms with E-state index in [-0.39, 0.29) is 17.3 Å². The van der Waals surface area contributed by atoms with E-state index in [0.717, 1.165) is 32.0 Å². The molecule has 3 aromatic rings. The molecule has 8 heteroatoms. The molecule has 1 aliphatic heterocycles.